The predicted molar refractivity (Wildman–Crippen MR) is 54.2 cm³/mol. The Morgan fingerprint density at radius 1 is 1.36 bits per heavy atom. The summed E-state index contributed by atoms with van der Waals surface area (Å²) in [6, 6.07) is 0. The Kier molecular flexibility index (Phi) is 4.44. The van der Waals surface area contributed by atoms with Crippen molar-refractivity contribution < 1.29 is 0 Å². The zero-order chi connectivity index (χ0) is 7.94. The van der Waals surface area contributed by atoms with Crippen LogP contribution in [0, 0.1) is 0 Å². The van der Waals surface area contributed by atoms with Crippen LogP contribution in [0.25, 0.3) is 0 Å². The van der Waals surface area contributed by atoms with Gasteiger partial charge in [0, 0.05) is 0 Å². The van der Waals surface area contributed by atoms with Crippen molar-refractivity contribution >= 4 is 12.6 Å². The lowest BCUT2D eigenvalue weighted by molar-refractivity contribution is 0.867. The summed E-state index contributed by atoms with van der Waals surface area (Å²) < 4.78 is 0. The molecule has 0 aromatic rings. The molecule has 62 valence electrons. The van der Waals surface area contributed by atoms with Crippen molar-refractivity contribution in [2.24, 2.45) is 0 Å². The van der Waals surface area contributed by atoms with Crippen molar-refractivity contribution in [2.45, 2.75) is 32.1 Å². The molecule has 0 heterocycles. The molecule has 0 aliphatic heterocycles. The monoisotopic (exact) mass is 168 g/mol. The van der Waals surface area contributed by atoms with Crippen molar-refractivity contribution in [1.82, 2.24) is 0 Å². The van der Waals surface area contributed by atoms with E-state index in [2.05, 4.69) is 30.9 Å². The Balaban J connectivity index is 2.34. The largest absolute Gasteiger partial charge is 0.179 e. The van der Waals surface area contributed by atoms with Gasteiger partial charge in [-0.1, -0.05) is 23.8 Å². The first-order valence-electron chi connectivity index (χ1n) is 4.40. The van der Waals surface area contributed by atoms with Crippen LogP contribution in [0.5, 0.6) is 0 Å². The van der Waals surface area contributed by atoms with Gasteiger partial charge in [-0.05, 0) is 37.9 Å². The fraction of sp³-hybridized carbons (Fsp3) is 0.600. The van der Waals surface area contributed by atoms with Gasteiger partial charge in [-0.3, -0.25) is 0 Å². The Bertz CT molecular complexity index is 156. The van der Waals surface area contributed by atoms with Crippen LogP contribution in [0.2, 0.25) is 0 Å². The number of rotatable bonds is 3. The maximum atomic E-state index is 4.20. The number of hydrogen-bond acceptors (Lipinski definition) is 1. The topological polar surface area (TPSA) is 0 Å². The SMILES string of the molecule is SCCCC1=CCCCC=C1. The molecule has 0 saturated heterocycles. The van der Waals surface area contributed by atoms with Crippen molar-refractivity contribution in [3.05, 3.63) is 23.8 Å². The maximum Gasteiger partial charge on any atom is -0.00947 e. The molecule has 0 nitrogen and oxygen atoms in total. The molecule has 0 atom stereocenters. The second kappa shape index (κ2) is 5.48. The summed E-state index contributed by atoms with van der Waals surface area (Å²) in [4.78, 5) is 0. The van der Waals surface area contributed by atoms with E-state index in [1.165, 1.54) is 37.7 Å². The molecule has 1 aliphatic rings. The summed E-state index contributed by atoms with van der Waals surface area (Å²) in [5.74, 6) is 1.01. The Labute approximate surface area is 74.8 Å². The van der Waals surface area contributed by atoms with Crippen LogP contribution in [0.3, 0.4) is 0 Å². The van der Waals surface area contributed by atoms with Crippen LogP contribution in [0.15, 0.2) is 23.8 Å². The maximum absolute atomic E-state index is 4.20. The van der Waals surface area contributed by atoms with Crippen LogP contribution in [0.1, 0.15) is 32.1 Å². The van der Waals surface area contributed by atoms with Gasteiger partial charge in [0.05, 0.1) is 0 Å². The van der Waals surface area contributed by atoms with Crippen LogP contribution in [-0.2, 0) is 0 Å². The standard InChI is InChI=1S/C10H16S/c11-9-5-8-10-6-3-1-2-4-7-10/h3,6-7,11H,1-2,4-5,8-9H2. The van der Waals surface area contributed by atoms with Crippen molar-refractivity contribution in [1.29, 1.82) is 0 Å². The van der Waals surface area contributed by atoms with E-state index in [0.29, 0.717) is 0 Å². The zero-order valence-corrected chi connectivity index (χ0v) is 7.82. The number of thiol groups is 1. The third-order valence-electron chi connectivity index (χ3n) is 1.94. The first-order chi connectivity index (χ1) is 5.43. The fourth-order valence-corrected chi connectivity index (χ4v) is 1.45. The molecule has 0 amide bonds. The highest BCUT2D eigenvalue weighted by Crippen LogP contribution is 2.14. The van der Waals surface area contributed by atoms with Gasteiger partial charge in [-0.25, -0.2) is 0 Å². The molecule has 0 saturated carbocycles. The highest BCUT2D eigenvalue weighted by molar-refractivity contribution is 7.80. The molecule has 1 aliphatic carbocycles. The average Bonchev–Trinajstić information content (AvgIpc) is 2.28. The number of hydrogen-bond donors (Lipinski definition) is 1. The molecule has 0 N–H and O–H groups in total. The first-order valence-corrected chi connectivity index (χ1v) is 5.03. The van der Waals surface area contributed by atoms with Gasteiger partial charge in [0.25, 0.3) is 0 Å². The quantitative estimate of drug-likeness (QED) is 0.614. The first kappa shape index (κ1) is 8.92. The molecule has 11 heavy (non-hydrogen) atoms. The van der Waals surface area contributed by atoms with Gasteiger partial charge in [0.1, 0.15) is 0 Å². The molecule has 1 rings (SSSR count). The molecule has 0 unspecified atom stereocenters. The third kappa shape index (κ3) is 3.66. The fourth-order valence-electron chi connectivity index (χ4n) is 1.29. The smallest absolute Gasteiger partial charge is 0.00947 e. The van der Waals surface area contributed by atoms with E-state index in [0.717, 1.165) is 5.75 Å². The lowest BCUT2D eigenvalue weighted by Gasteiger charge is -1.97. The van der Waals surface area contributed by atoms with E-state index in [1.54, 1.807) is 0 Å². The summed E-state index contributed by atoms with van der Waals surface area (Å²) >= 11 is 4.20. The van der Waals surface area contributed by atoms with Gasteiger partial charge >= 0.3 is 0 Å². The minimum atomic E-state index is 1.01. The summed E-state index contributed by atoms with van der Waals surface area (Å²) in [5, 5.41) is 0. The Hall–Kier alpha value is -0.170. The normalized spacial score (nSPS) is 17.7. The van der Waals surface area contributed by atoms with E-state index in [9.17, 15) is 0 Å². The minimum absolute atomic E-state index is 1.01. The molecule has 1 heteroatoms. The molecule has 0 fully saturated rings. The van der Waals surface area contributed by atoms with Crippen LogP contribution >= 0.6 is 12.6 Å². The average molecular weight is 168 g/mol. The summed E-state index contributed by atoms with van der Waals surface area (Å²) in [6.07, 6.45) is 13.2. The van der Waals surface area contributed by atoms with Crippen molar-refractivity contribution in [2.75, 3.05) is 5.75 Å². The predicted octanol–water partition coefficient (Wildman–Crippen LogP) is 3.36. The van der Waals surface area contributed by atoms with Crippen LogP contribution < -0.4 is 0 Å². The van der Waals surface area contributed by atoms with E-state index in [1.807, 2.05) is 0 Å². The van der Waals surface area contributed by atoms with E-state index < -0.39 is 0 Å². The van der Waals surface area contributed by atoms with E-state index >= 15 is 0 Å². The summed E-state index contributed by atoms with van der Waals surface area (Å²) in [5.41, 5.74) is 1.51. The summed E-state index contributed by atoms with van der Waals surface area (Å²) in [6.45, 7) is 0. The Morgan fingerprint density at radius 2 is 2.27 bits per heavy atom. The van der Waals surface area contributed by atoms with Crippen molar-refractivity contribution in [3.8, 4) is 0 Å². The zero-order valence-electron chi connectivity index (χ0n) is 6.92. The van der Waals surface area contributed by atoms with Crippen molar-refractivity contribution in [3.63, 3.8) is 0 Å². The highest BCUT2D eigenvalue weighted by atomic mass is 32.1. The minimum Gasteiger partial charge on any atom is -0.179 e. The van der Waals surface area contributed by atoms with Crippen LogP contribution in [-0.4, -0.2) is 5.75 Å². The van der Waals surface area contributed by atoms with E-state index in [4.69, 9.17) is 0 Å². The molecule has 0 radical (unpaired) electrons. The molecule has 0 spiro atoms. The summed E-state index contributed by atoms with van der Waals surface area (Å²) in [7, 11) is 0. The highest BCUT2D eigenvalue weighted by Gasteiger charge is 1.95. The van der Waals surface area contributed by atoms with Crippen LogP contribution in [0.4, 0.5) is 0 Å². The van der Waals surface area contributed by atoms with Gasteiger partial charge in [-0.2, -0.15) is 12.6 Å². The second-order valence-corrected chi connectivity index (χ2v) is 3.39. The second-order valence-electron chi connectivity index (χ2n) is 2.94. The molecule has 0 bridgehead atoms. The van der Waals surface area contributed by atoms with Gasteiger partial charge in [0.15, 0.2) is 0 Å². The molecular weight excluding hydrogens is 152 g/mol. The lowest BCUT2D eigenvalue weighted by Crippen LogP contribution is -1.80. The molecular formula is C10H16S. The Morgan fingerprint density at radius 3 is 3.09 bits per heavy atom. The van der Waals surface area contributed by atoms with E-state index in [-0.39, 0.29) is 0 Å². The van der Waals surface area contributed by atoms with Gasteiger partial charge in [-0.15, -0.1) is 0 Å². The molecule has 0 aromatic carbocycles. The van der Waals surface area contributed by atoms with Gasteiger partial charge in [0.2, 0.25) is 0 Å². The van der Waals surface area contributed by atoms with Gasteiger partial charge < -0.3 is 0 Å². The third-order valence-corrected chi connectivity index (χ3v) is 2.25. The lowest BCUT2D eigenvalue weighted by atomic mass is 10.1. The number of allylic oxidation sites excluding steroid dienone is 4. The molecule has 0 aromatic heterocycles.